The fourth-order valence-electron chi connectivity index (χ4n) is 4.32. The van der Waals surface area contributed by atoms with Crippen LogP contribution in [0.15, 0.2) is 24.3 Å². The van der Waals surface area contributed by atoms with Crippen LogP contribution >= 0.6 is 0 Å². The van der Waals surface area contributed by atoms with Crippen LogP contribution in [-0.2, 0) is 0 Å². The van der Waals surface area contributed by atoms with Crippen LogP contribution < -0.4 is 0 Å². The van der Waals surface area contributed by atoms with Gasteiger partial charge in [0, 0.05) is 0 Å². The highest BCUT2D eigenvalue weighted by Gasteiger charge is 1.93. The van der Waals surface area contributed by atoms with Gasteiger partial charge in [-0.05, 0) is 51.4 Å². The second-order valence-corrected chi connectivity index (χ2v) is 9.82. The molecule has 0 nitrogen and oxygen atoms in total. The molecule has 0 fully saturated rings. The SMILES string of the molecule is CCCCCCCC=CCCCCCCCCCCCCC=CCCCCCCCC. The fraction of sp³-hybridized carbons (Fsp3) is 0.871. The molecule has 184 valence electrons. The van der Waals surface area contributed by atoms with E-state index in [1.165, 1.54) is 161 Å². The summed E-state index contributed by atoms with van der Waals surface area (Å²) in [6.07, 6.45) is 44.9. The molecule has 0 heteroatoms. The monoisotopic (exact) mass is 432 g/mol. The lowest BCUT2D eigenvalue weighted by Gasteiger charge is -2.02. The van der Waals surface area contributed by atoms with E-state index >= 15 is 0 Å². The average Bonchev–Trinajstić information content (AvgIpc) is 2.78. The summed E-state index contributed by atoms with van der Waals surface area (Å²) in [6.45, 7) is 4.58. The first kappa shape index (κ1) is 30.5. The molecule has 0 atom stereocenters. The van der Waals surface area contributed by atoms with Crippen LogP contribution in [0.1, 0.15) is 174 Å². The second-order valence-electron chi connectivity index (χ2n) is 9.82. The van der Waals surface area contributed by atoms with E-state index in [9.17, 15) is 0 Å². The maximum Gasteiger partial charge on any atom is -0.0351 e. The maximum absolute atomic E-state index is 2.44. The first-order valence-electron chi connectivity index (χ1n) is 14.7. The minimum Gasteiger partial charge on any atom is -0.0885 e. The summed E-state index contributed by atoms with van der Waals surface area (Å²) in [5.41, 5.74) is 0. The van der Waals surface area contributed by atoms with Gasteiger partial charge in [-0.15, -0.1) is 0 Å². The Morgan fingerprint density at radius 3 is 0.677 bits per heavy atom. The van der Waals surface area contributed by atoms with Gasteiger partial charge in [0.05, 0.1) is 0 Å². The van der Waals surface area contributed by atoms with Gasteiger partial charge in [-0.1, -0.05) is 147 Å². The Kier molecular flexibility index (Phi) is 29.0. The lowest BCUT2D eigenvalue weighted by Crippen LogP contribution is -1.82. The van der Waals surface area contributed by atoms with Crippen molar-refractivity contribution in [3.05, 3.63) is 24.3 Å². The Morgan fingerprint density at radius 1 is 0.258 bits per heavy atom. The van der Waals surface area contributed by atoms with Gasteiger partial charge in [0.25, 0.3) is 0 Å². The highest BCUT2D eigenvalue weighted by atomic mass is 14.0. The zero-order chi connectivity index (χ0) is 22.5. The number of unbranched alkanes of at least 4 members (excludes halogenated alkanes) is 22. The minimum absolute atomic E-state index is 1.30. The molecule has 0 aromatic heterocycles. The Hall–Kier alpha value is -0.520. The normalized spacial score (nSPS) is 11.9. The summed E-state index contributed by atoms with van der Waals surface area (Å²) in [4.78, 5) is 0. The van der Waals surface area contributed by atoms with Crippen molar-refractivity contribution in [2.75, 3.05) is 0 Å². The lowest BCUT2D eigenvalue weighted by atomic mass is 10.0. The molecule has 0 aromatic rings. The summed E-state index contributed by atoms with van der Waals surface area (Å²) < 4.78 is 0. The molecule has 0 spiro atoms. The minimum atomic E-state index is 1.30. The standard InChI is InChI=1S/C31H60/c1-3-5-7-9-11-13-15-17-19-21-23-25-27-29-31-30-28-26-24-22-20-18-16-14-12-10-8-6-4-2/h15,17-18,20H,3-14,16,19,21-31H2,1-2H3. The van der Waals surface area contributed by atoms with Crippen molar-refractivity contribution >= 4 is 0 Å². The van der Waals surface area contributed by atoms with E-state index in [0.717, 1.165) is 0 Å². The molecule has 0 aliphatic heterocycles. The van der Waals surface area contributed by atoms with E-state index in [0.29, 0.717) is 0 Å². The molecule has 0 saturated carbocycles. The van der Waals surface area contributed by atoms with Crippen molar-refractivity contribution in [1.82, 2.24) is 0 Å². The van der Waals surface area contributed by atoms with Gasteiger partial charge >= 0.3 is 0 Å². The van der Waals surface area contributed by atoms with Gasteiger partial charge in [0.1, 0.15) is 0 Å². The molecular formula is C31H60. The number of hydrogen-bond donors (Lipinski definition) is 0. The Balaban J connectivity index is 3.10. The third-order valence-corrected chi connectivity index (χ3v) is 6.52. The Bertz CT molecular complexity index is 351. The topological polar surface area (TPSA) is 0 Å². The quantitative estimate of drug-likeness (QED) is 0.0941. The first-order chi connectivity index (χ1) is 15.4. The molecule has 0 aliphatic rings. The number of allylic oxidation sites excluding steroid dienone is 4. The second kappa shape index (κ2) is 29.5. The lowest BCUT2D eigenvalue weighted by molar-refractivity contribution is 0.553. The van der Waals surface area contributed by atoms with Crippen LogP contribution in [0.25, 0.3) is 0 Å². The van der Waals surface area contributed by atoms with Crippen LogP contribution in [0.4, 0.5) is 0 Å². The summed E-state index contributed by atoms with van der Waals surface area (Å²) in [6, 6.07) is 0. The molecule has 31 heavy (non-hydrogen) atoms. The van der Waals surface area contributed by atoms with E-state index < -0.39 is 0 Å². The van der Waals surface area contributed by atoms with Crippen LogP contribution in [0.2, 0.25) is 0 Å². The molecule has 0 aromatic carbocycles. The van der Waals surface area contributed by atoms with Crippen LogP contribution in [0, 0.1) is 0 Å². The number of hydrogen-bond acceptors (Lipinski definition) is 0. The van der Waals surface area contributed by atoms with Crippen molar-refractivity contribution in [1.29, 1.82) is 0 Å². The zero-order valence-corrected chi connectivity index (χ0v) is 22.0. The molecule has 0 saturated heterocycles. The van der Waals surface area contributed by atoms with Gasteiger partial charge in [-0.25, -0.2) is 0 Å². The molecule has 0 heterocycles. The summed E-state index contributed by atoms with van der Waals surface area (Å²) >= 11 is 0. The largest absolute Gasteiger partial charge is 0.0885 e. The van der Waals surface area contributed by atoms with Crippen molar-refractivity contribution < 1.29 is 0 Å². The van der Waals surface area contributed by atoms with E-state index in [1.54, 1.807) is 0 Å². The van der Waals surface area contributed by atoms with Gasteiger partial charge in [-0.2, -0.15) is 0 Å². The Morgan fingerprint density at radius 2 is 0.452 bits per heavy atom. The van der Waals surface area contributed by atoms with Crippen LogP contribution in [0.5, 0.6) is 0 Å². The van der Waals surface area contributed by atoms with Gasteiger partial charge in [0.2, 0.25) is 0 Å². The van der Waals surface area contributed by atoms with Crippen LogP contribution in [0.3, 0.4) is 0 Å². The summed E-state index contributed by atoms with van der Waals surface area (Å²) in [5, 5.41) is 0. The molecule has 0 aliphatic carbocycles. The summed E-state index contributed by atoms with van der Waals surface area (Å²) in [5.74, 6) is 0. The average molecular weight is 433 g/mol. The molecule has 0 rings (SSSR count). The third-order valence-electron chi connectivity index (χ3n) is 6.52. The van der Waals surface area contributed by atoms with Crippen molar-refractivity contribution in [2.45, 2.75) is 174 Å². The Labute approximate surface area is 198 Å². The molecule has 0 unspecified atom stereocenters. The van der Waals surface area contributed by atoms with Crippen molar-refractivity contribution in [3.63, 3.8) is 0 Å². The van der Waals surface area contributed by atoms with Crippen molar-refractivity contribution in [2.24, 2.45) is 0 Å². The van der Waals surface area contributed by atoms with E-state index in [4.69, 9.17) is 0 Å². The fourth-order valence-corrected chi connectivity index (χ4v) is 4.32. The van der Waals surface area contributed by atoms with E-state index in [2.05, 4.69) is 38.2 Å². The predicted octanol–water partition coefficient (Wildman–Crippen LogP) is 11.9. The highest BCUT2D eigenvalue weighted by molar-refractivity contribution is 4.82. The zero-order valence-electron chi connectivity index (χ0n) is 22.0. The highest BCUT2D eigenvalue weighted by Crippen LogP contribution is 2.13. The number of rotatable bonds is 26. The molecule has 0 N–H and O–H groups in total. The van der Waals surface area contributed by atoms with E-state index in [1.807, 2.05) is 0 Å². The van der Waals surface area contributed by atoms with E-state index in [-0.39, 0.29) is 0 Å². The molecule has 0 radical (unpaired) electrons. The van der Waals surface area contributed by atoms with Gasteiger partial charge < -0.3 is 0 Å². The van der Waals surface area contributed by atoms with Crippen LogP contribution in [-0.4, -0.2) is 0 Å². The maximum atomic E-state index is 2.44. The molecular weight excluding hydrogens is 372 g/mol. The molecule has 0 bridgehead atoms. The predicted molar refractivity (Wildman–Crippen MR) is 145 cm³/mol. The van der Waals surface area contributed by atoms with Crippen molar-refractivity contribution in [3.8, 4) is 0 Å². The third kappa shape index (κ3) is 29.5. The first-order valence-corrected chi connectivity index (χ1v) is 14.7. The molecule has 0 amide bonds. The van der Waals surface area contributed by atoms with Gasteiger partial charge in [-0.3, -0.25) is 0 Å². The summed E-state index contributed by atoms with van der Waals surface area (Å²) in [7, 11) is 0. The van der Waals surface area contributed by atoms with Gasteiger partial charge in [0.15, 0.2) is 0 Å². The smallest absolute Gasteiger partial charge is 0.0351 e.